The molecule has 1 heterocycles. The monoisotopic (exact) mass is 240 g/mol. The van der Waals surface area contributed by atoms with Crippen molar-refractivity contribution in [1.82, 2.24) is 10.2 Å². The first-order valence-electron chi connectivity index (χ1n) is 6.52. The molecule has 1 aliphatic carbocycles. The summed E-state index contributed by atoms with van der Waals surface area (Å²) < 4.78 is 5.49. The summed E-state index contributed by atoms with van der Waals surface area (Å²) in [5.41, 5.74) is -0.0959. The van der Waals surface area contributed by atoms with E-state index in [1.54, 1.807) is 0 Å². The van der Waals surface area contributed by atoms with Crippen molar-refractivity contribution < 1.29 is 9.53 Å². The molecule has 4 heteroatoms. The molecule has 17 heavy (non-hydrogen) atoms. The summed E-state index contributed by atoms with van der Waals surface area (Å²) in [7, 11) is 0. The molecular formula is C13H24N2O2. The van der Waals surface area contributed by atoms with E-state index >= 15 is 0 Å². The molecule has 1 amide bonds. The minimum atomic E-state index is -0.406. The van der Waals surface area contributed by atoms with Crippen molar-refractivity contribution in [3.63, 3.8) is 0 Å². The van der Waals surface area contributed by atoms with Gasteiger partial charge in [0.2, 0.25) is 0 Å². The third-order valence-electron chi connectivity index (χ3n) is 3.71. The number of piperazine rings is 1. The molecule has 1 saturated carbocycles. The van der Waals surface area contributed by atoms with Gasteiger partial charge in [0.05, 0.1) is 6.04 Å². The third-order valence-corrected chi connectivity index (χ3v) is 3.71. The topological polar surface area (TPSA) is 41.6 Å². The van der Waals surface area contributed by atoms with E-state index in [-0.39, 0.29) is 6.09 Å². The average Bonchev–Trinajstić information content (AvgIpc) is 2.95. The zero-order valence-electron chi connectivity index (χ0n) is 11.4. The second-order valence-corrected chi connectivity index (χ2v) is 6.55. The molecule has 0 radical (unpaired) electrons. The number of ether oxygens (including phenoxy) is 1. The van der Waals surface area contributed by atoms with Crippen LogP contribution in [0, 0.1) is 5.41 Å². The maximum atomic E-state index is 12.2. The van der Waals surface area contributed by atoms with Crippen LogP contribution in [0.15, 0.2) is 0 Å². The Balaban J connectivity index is 2.03. The van der Waals surface area contributed by atoms with Gasteiger partial charge in [-0.1, -0.05) is 6.92 Å². The molecule has 1 atom stereocenters. The summed E-state index contributed by atoms with van der Waals surface area (Å²) in [6, 6.07) is 0.297. The molecule has 0 aromatic rings. The minimum absolute atomic E-state index is 0.155. The standard InChI is InChI=1S/C13H24N2O2/c1-12(2,3)17-11(16)15-8-7-14-9-10(15)13(4)5-6-13/h10,14H,5-9H2,1-4H3. The summed E-state index contributed by atoms with van der Waals surface area (Å²) in [6.45, 7) is 10.5. The Hall–Kier alpha value is -0.770. The fourth-order valence-electron chi connectivity index (χ4n) is 2.40. The maximum Gasteiger partial charge on any atom is 0.410 e. The van der Waals surface area contributed by atoms with E-state index in [4.69, 9.17) is 4.74 Å². The van der Waals surface area contributed by atoms with Gasteiger partial charge in [-0.25, -0.2) is 4.79 Å². The Labute approximate surface area is 104 Å². The molecule has 1 aliphatic heterocycles. The van der Waals surface area contributed by atoms with Crippen LogP contribution >= 0.6 is 0 Å². The average molecular weight is 240 g/mol. The van der Waals surface area contributed by atoms with Crippen molar-refractivity contribution in [3.05, 3.63) is 0 Å². The lowest BCUT2D eigenvalue weighted by atomic mass is 9.96. The number of rotatable bonds is 1. The molecule has 1 saturated heterocycles. The highest BCUT2D eigenvalue weighted by Gasteiger charge is 2.49. The number of amides is 1. The SMILES string of the molecule is CC(C)(C)OC(=O)N1CCNCC1C1(C)CC1. The number of hydrogen-bond donors (Lipinski definition) is 1. The van der Waals surface area contributed by atoms with Crippen LogP contribution in [0.5, 0.6) is 0 Å². The molecule has 0 aromatic heterocycles. The number of nitrogens with zero attached hydrogens (tertiary/aromatic N) is 1. The zero-order chi connectivity index (χ0) is 12.7. The highest BCUT2D eigenvalue weighted by molar-refractivity contribution is 5.69. The van der Waals surface area contributed by atoms with Gasteiger partial charge in [0.15, 0.2) is 0 Å². The number of hydrogen-bond acceptors (Lipinski definition) is 3. The largest absolute Gasteiger partial charge is 0.444 e. The Bertz CT molecular complexity index is 305. The molecule has 0 spiro atoms. The Morgan fingerprint density at radius 3 is 2.59 bits per heavy atom. The maximum absolute atomic E-state index is 12.2. The lowest BCUT2D eigenvalue weighted by Crippen LogP contribution is -2.57. The van der Waals surface area contributed by atoms with Crippen molar-refractivity contribution in [1.29, 1.82) is 0 Å². The Morgan fingerprint density at radius 1 is 1.41 bits per heavy atom. The molecule has 4 nitrogen and oxygen atoms in total. The van der Waals surface area contributed by atoms with Gasteiger partial charge >= 0.3 is 6.09 Å². The van der Waals surface area contributed by atoms with E-state index in [1.165, 1.54) is 12.8 Å². The molecule has 0 aromatic carbocycles. The summed E-state index contributed by atoms with van der Waals surface area (Å²) in [5.74, 6) is 0. The smallest absolute Gasteiger partial charge is 0.410 e. The van der Waals surface area contributed by atoms with E-state index in [2.05, 4.69) is 12.2 Å². The first-order valence-corrected chi connectivity index (χ1v) is 6.52. The minimum Gasteiger partial charge on any atom is -0.444 e. The van der Waals surface area contributed by atoms with Crippen LogP contribution in [-0.4, -0.2) is 42.3 Å². The highest BCUT2D eigenvalue weighted by atomic mass is 16.6. The fraction of sp³-hybridized carbons (Fsp3) is 0.923. The Kier molecular flexibility index (Phi) is 3.10. The number of carbonyl (C=O) groups excluding carboxylic acids is 1. The van der Waals surface area contributed by atoms with E-state index < -0.39 is 5.60 Å². The fourth-order valence-corrected chi connectivity index (χ4v) is 2.40. The highest BCUT2D eigenvalue weighted by Crippen LogP contribution is 2.50. The van der Waals surface area contributed by atoms with Gasteiger partial charge in [-0.2, -0.15) is 0 Å². The normalized spacial score (nSPS) is 27.8. The quantitative estimate of drug-likeness (QED) is 0.762. The summed E-state index contributed by atoms with van der Waals surface area (Å²) >= 11 is 0. The molecule has 2 aliphatic rings. The predicted octanol–water partition coefficient (Wildman–Crippen LogP) is 2.00. The van der Waals surface area contributed by atoms with Gasteiger partial charge in [0, 0.05) is 19.6 Å². The van der Waals surface area contributed by atoms with E-state index in [0.717, 1.165) is 19.6 Å². The van der Waals surface area contributed by atoms with E-state index in [9.17, 15) is 4.79 Å². The van der Waals surface area contributed by atoms with E-state index in [1.807, 2.05) is 25.7 Å². The van der Waals surface area contributed by atoms with Crippen LogP contribution in [0.1, 0.15) is 40.5 Å². The molecule has 1 N–H and O–H groups in total. The van der Waals surface area contributed by atoms with Crippen LogP contribution in [-0.2, 0) is 4.74 Å². The molecule has 0 bridgehead atoms. The summed E-state index contributed by atoms with van der Waals surface area (Å²) in [5, 5.41) is 3.38. The molecular weight excluding hydrogens is 216 g/mol. The predicted molar refractivity (Wildman–Crippen MR) is 66.9 cm³/mol. The molecule has 2 rings (SSSR count). The van der Waals surface area contributed by atoms with Crippen LogP contribution in [0.25, 0.3) is 0 Å². The second-order valence-electron chi connectivity index (χ2n) is 6.55. The third kappa shape index (κ3) is 2.92. The van der Waals surface area contributed by atoms with Crippen molar-refractivity contribution in [2.75, 3.05) is 19.6 Å². The van der Waals surface area contributed by atoms with Gasteiger partial charge in [0.25, 0.3) is 0 Å². The van der Waals surface area contributed by atoms with Crippen LogP contribution in [0.4, 0.5) is 4.79 Å². The first kappa shape index (κ1) is 12.7. The van der Waals surface area contributed by atoms with Crippen molar-refractivity contribution in [2.45, 2.75) is 52.2 Å². The van der Waals surface area contributed by atoms with Crippen molar-refractivity contribution >= 4 is 6.09 Å². The van der Waals surface area contributed by atoms with E-state index in [0.29, 0.717) is 11.5 Å². The molecule has 98 valence electrons. The van der Waals surface area contributed by atoms with Gasteiger partial charge in [-0.3, -0.25) is 0 Å². The van der Waals surface area contributed by atoms with Gasteiger partial charge < -0.3 is 15.0 Å². The van der Waals surface area contributed by atoms with Gasteiger partial charge in [-0.15, -0.1) is 0 Å². The molecule has 1 unspecified atom stereocenters. The van der Waals surface area contributed by atoms with Crippen LogP contribution in [0.3, 0.4) is 0 Å². The van der Waals surface area contributed by atoms with Crippen LogP contribution < -0.4 is 5.32 Å². The number of nitrogens with one attached hydrogen (secondary N) is 1. The lowest BCUT2D eigenvalue weighted by Gasteiger charge is -2.40. The first-order chi connectivity index (χ1) is 7.82. The van der Waals surface area contributed by atoms with Gasteiger partial charge in [-0.05, 0) is 39.0 Å². The zero-order valence-corrected chi connectivity index (χ0v) is 11.4. The second kappa shape index (κ2) is 4.16. The Morgan fingerprint density at radius 2 is 2.06 bits per heavy atom. The van der Waals surface area contributed by atoms with Crippen LogP contribution in [0.2, 0.25) is 0 Å². The van der Waals surface area contributed by atoms with Crippen molar-refractivity contribution in [2.24, 2.45) is 5.41 Å². The summed E-state index contributed by atoms with van der Waals surface area (Å²) in [6.07, 6.45) is 2.29. The molecule has 2 fully saturated rings. The summed E-state index contributed by atoms with van der Waals surface area (Å²) in [4.78, 5) is 14.1. The lowest BCUT2D eigenvalue weighted by molar-refractivity contribution is 0.00324. The van der Waals surface area contributed by atoms with Gasteiger partial charge in [0.1, 0.15) is 5.60 Å². The number of carbonyl (C=O) groups is 1. The van der Waals surface area contributed by atoms with Crippen molar-refractivity contribution in [3.8, 4) is 0 Å².